The van der Waals surface area contributed by atoms with Gasteiger partial charge in [-0.15, -0.1) is 10.2 Å². The van der Waals surface area contributed by atoms with E-state index in [1.165, 1.54) is 28.0 Å². The Bertz CT molecular complexity index is 1980. The maximum absolute atomic E-state index is 13.7. The van der Waals surface area contributed by atoms with Crippen LogP contribution in [0.1, 0.15) is 33.9 Å². The number of ether oxygens (including phenoxy) is 2. The van der Waals surface area contributed by atoms with Crippen molar-refractivity contribution in [2.24, 2.45) is 0 Å². The number of hydrogen-bond acceptors (Lipinski definition) is 9. The predicted octanol–water partition coefficient (Wildman–Crippen LogP) is 8.56. The summed E-state index contributed by atoms with van der Waals surface area (Å²) in [5.41, 5.74) is 4.13. The second-order valence-electron chi connectivity index (χ2n) is 10.8. The number of carbonyl (C=O) groups excluding carboxylic acids is 2. The number of anilines is 1. The molecule has 6 rings (SSSR count). The summed E-state index contributed by atoms with van der Waals surface area (Å²) >= 11 is 8.67. The number of Topliss-reactive ketones (excluding diaryl/α,β-unsaturated/α-hetero) is 1. The third-order valence-electron chi connectivity index (χ3n) is 7.67. The Labute approximate surface area is 291 Å². The second kappa shape index (κ2) is 14.9. The molecule has 8 nitrogen and oxygen atoms in total. The van der Waals surface area contributed by atoms with E-state index in [0.717, 1.165) is 16.7 Å². The number of benzene rings is 4. The van der Waals surface area contributed by atoms with Gasteiger partial charge in [-0.3, -0.25) is 14.5 Å². The summed E-state index contributed by atoms with van der Waals surface area (Å²) in [6.07, 6.45) is 1.64. The van der Waals surface area contributed by atoms with Crippen molar-refractivity contribution in [1.29, 1.82) is 0 Å². The van der Waals surface area contributed by atoms with Crippen LogP contribution in [-0.4, -0.2) is 33.6 Å². The zero-order valence-corrected chi connectivity index (χ0v) is 28.2. The van der Waals surface area contributed by atoms with Gasteiger partial charge in [-0.25, -0.2) is 0 Å². The first-order valence-electron chi connectivity index (χ1n) is 15.0. The van der Waals surface area contributed by atoms with Crippen LogP contribution in [0.3, 0.4) is 0 Å². The van der Waals surface area contributed by atoms with E-state index in [2.05, 4.69) is 16.8 Å². The van der Waals surface area contributed by atoms with Gasteiger partial charge in [-0.05, 0) is 77.7 Å². The lowest BCUT2D eigenvalue weighted by Crippen LogP contribution is -2.29. The van der Waals surface area contributed by atoms with E-state index >= 15 is 0 Å². The third kappa shape index (κ3) is 7.31. The van der Waals surface area contributed by atoms with Crippen LogP contribution in [-0.2, 0) is 21.9 Å². The van der Waals surface area contributed by atoms with E-state index < -0.39 is 17.7 Å². The maximum atomic E-state index is 13.7. The molecule has 1 unspecified atom stereocenters. The highest BCUT2D eigenvalue weighted by atomic mass is 35.5. The van der Waals surface area contributed by atoms with Crippen LogP contribution in [0.25, 0.3) is 5.76 Å². The summed E-state index contributed by atoms with van der Waals surface area (Å²) in [6, 6.07) is 28.3. The fraction of sp³-hybridized carbons (Fsp3) is 0.135. The van der Waals surface area contributed by atoms with Gasteiger partial charge in [-0.1, -0.05) is 95.9 Å². The lowest BCUT2D eigenvalue weighted by Gasteiger charge is -2.22. The minimum absolute atomic E-state index is 0.0566. The molecule has 242 valence electrons. The summed E-state index contributed by atoms with van der Waals surface area (Å²) in [5, 5.41) is 21.1. The number of aliphatic hydroxyl groups excluding tert-OH is 1. The number of halogens is 1. The van der Waals surface area contributed by atoms with Crippen LogP contribution < -0.4 is 14.4 Å². The Morgan fingerprint density at radius 3 is 2.35 bits per heavy atom. The Balaban J connectivity index is 1.31. The molecule has 0 saturated carbocycles. The molecule has 1 atom stereocenters. The van der Waals surface area contributed by atoms with E-state index in [9.17, 15) is 14.7 Å². The number of rotatable bonds is 12. The van der Waals surface area contributed by atoms with Gasteiger partial charge in [0.25, 0.3) is 5.78 Å². The van der Waals surface area contributed by atoms with E-state index in [4.69, 9.17) is 21.1 Å². The number of aryl methyl sites for hydroxylation is 1. The molecular formula is C37H30ClN3O5S2. The van der Waals surface area contributed by atoms with Crippen LogP contribution in [0.2, 0.25) is 5.02 Å². The van der Waals surface area contributed by atoms with Crippen molar-refractivity contribution in [3.05, 3.63) is 148 Å². The molecule has 0 bridgehead atoms. The first-order chi connectivity index (χ1) is 23.3. The number of carbonyl (C=O) groups is 2. The van der Waals surface area contributed by atoms with Crippen molar-refractivity contribution < 1.29 is 24.2 Å². The van der Waals surface area contributed by atoms with Crippen molar-refractivity contribution in [2.75, 3.05) is 11.5 Å². The molecule has 4 aromatic carbocycles. The van der Waals surface area contributed by atoms with Crippen LogP contribution in [0.4, 0.5) is 5.13 Å². The topological polar surface area (TPSA) is 102 Å². The highest BCUT2D eigenvalue weighted by Crippen LogP contribution is 2.44. The smallest absolute Gasteiger partial charge is 0.301 e. The van der Waals surface area contributed by atoms with Crippen molar-refractivity contribution in [2.45, 2.75) is 29.7 Å². The SMILES string of the molecule is C=CCOc1ccc(C2/C(=C(\O)c3ccc(OCc4ccccc4C)cc3)C(=O)C(=O)N2c2nnc(SCc3ccc(Cl)cc3)s2)cc1. The minimum Gasteiger partial charge on any atom is -0.507 e. The highest BCUT2D eigenvalue weighted by molar-refractivity contribution is 8.00. The van der Waals surface area contributed by atoms with Crippen molar-refractivity contribution >= 4 is 57.3 Å². The van der Waals surface area contributed by atoms with Gasteiger partial charge < -0.3 is 14.6 Å². The summed E-state index contributed by atoms with van der Waals surface area (Å²) in [7, 11) is 0. The molecule has 1 aliphatic rings. The minimum atomic E-state index is -0.961. The number of ketones is 1. The normalized spacial score (nSPS) is 15.5. The quantitative estimate of drug-likeness (QED) is 0.0346. The van der Waals surface area contributed by atoms with E-state index in [1.807, 2.05) is 55.5 Å². The molecule has 5 aromatic rings. The summed E-state index contributed by atoms with van der Waals surface area (Å²) in [5.74, 6) is -0.134. The zero-order chi connectivity index (χ0) is 33.6. The number of amides is 1. The first kappa shape index (κ1) is 33.0. The Hall–Kier alpha value is -4.90. The average molecular weight is 696 g/mol. The highest BCUT2D eigenvalue weighted by Gasteiger charge is 2.48. The van der Waals surface area contributed by atoms with Gasteiger partial charge in [0.05, 0.1) is 11.6 Å². The standard InChI is InChI=1S/C37H30ClN3O5S2/c1-3-20-45-29-16-10-25(11-17-29)32-31(33(42)26-12-18-30(19-13-26)46-21-27-7-5-4-6-23(27)2)34(43)35(44)41(32)36-39-40-37(48-36)47-22-24-8-14-28(38)15-9-24/h3-19,32,42H,1,20-22H2,2H3/b33-31+. The molecule has 1 saturated heterocycles. The molecule has 1 fully saturated rings. The molecule has 2 heterocycles. The summed E-state index contributed by atoms with van der Waals surface area (Å²) in [6.45, 7) is 6.41. The monoisotopic (exact) mass is 695 g/mol. The Morgan fingerprint density at radius 1 is 0.958 bits per heavy atom. The fourth-order valence-corrected chi connectivity index (χ4v) is 7.08. The van der Waals surface area contributed by atoms with E-state index in [1.54, 1.807) is 54.6 Å². The third-order valence-corrected chi connectivity index (χ3v) is 10.0. The number of hydrogen-bond donors (Lipinski definition) is 1. The number of aromatic nitrogens is 2. The lowest BCUT2D eigenvalue weighted by atomic mass is 9.95. The van der Waals surface area contributed by atoms with Crippen LogP contribution in [0.5, 0.6) is 11.5 Å². The predicted molar refractivity (Wildman–Crippen MR) is 190 cm³/mol. The molecule has 48 heavy (non-hydrogen) atoms. The van der Waals surface area contributed by atoms with Gasteiger partial charge in [0.1, 0.15) is 30.5 Å². The number of thioether (sulfide) groups is 1. The molecule has 1 aliphatic heterocycles. The zero-order valence-electron chi connectivity index (χ0n) is 25.8. The molecule has 0 radical (unpaired) electrons. The van der Waals surface area contributed by atoms with Gasteiger partial charge in [0, 0.05) is 16.3 Å². The largest absolute Gasteiger partial charge is 0.507 e. The molecule has 1 amide bonds. The summed E-state index contributed by atoms with van der Waals surface area (Å²) < 4.78 is 12.2. The van der Waals surface area contributed by atoms with Crippen LogP contribution in [0, 0.1) is 6.92 Å². The first-order valence-corrected chi connectivity index (χ1v) is 17.1. The molecular weight excluding hydrogens is 666 g/mol. The van der Waals surface area contributed by atoms with Crippen molar-refractivity contribution in [3.8, 4) is 11.5 Å². The number of aliphatic hydroxyl groups is 1. The van der Waals surface area contributed by atoms with Gasteiger partial charge >= 0.3 is 5.91 Å². The molecule has 0 aliphatic carbocycles. The number of nitrogens with zero attached hydrogens (tertiary/aromatic N) is 3. The molecule has 1 N–H and O–H groups in total. The van der Waals surface area contributed by atoms with Gasteiger partial charge in [0.15, 0.2) is 4.34 Å². The lowest BCUT2D eigenvalue weighted by molar-refractivity contribution is -0.132. The molecule has 1 aromatic heterocycles. The van der Waals surface area contributed by atoms with E-state index in [0.29, 0.717) is 51.0 Å². The van der Waals surface area contributed by atoms with Crippen LogP contribution >= 0.6 is 34.7 Å². The Kier molecular flexibility index (Phi) is 10.2. The molecule has 0 spiro atoms. The maximum Gasteiger partial charge on any atom is 0.301 e. The van der Waals surface area contributed by atoms with Gasteiger partial charge in [0.2, 0.25) is 5.13 Å². The van der Waals surface area contributed by atoms with E-state index in [-0.39, 0.29) is 16.5 Å². The Morgan fingerprint density at radius 2 is 1.65 bits per heavy atom. The summed E-state index contributed by atoms with van der Waals surface area (Å²) in [4.78, 5) is 28.6. The van der Waals surface area contributed by atoms with Crippen molar-refractivity contribution in [1.82, 2.24) is 10.2 Å². The molecule has 11 heteroatoms. The van der Waals surface area contributed by atoms with Crippen LogP contribution in [0.15, 0.2) is 120 Å². The second-order valence-corrected chi connectivity index (χ2v) is 13.5. The van der Waals surface area contributed by atoms with Gasteiger partial charge in [-0.2, -0.15) is 0 Å². The fourth-order valence-electron chi connectivity index (χ4n) is 5.13. The van der Waals surface area contributed by atoms with Crippen molar-refractivity contribution in [3.63, 3.8) is 0 Å². The average Bonchev–Trinajstić information content (AvgIpc) is 3.68.